The Morgan fingerprint density at radius 1 is 1.29 bits per heavy atom. The van der Waals surface area contributed by atoms with E-state index >= 15 is 0 Å². The average Bonchev–Trinajstić information content (AvgIpc) is 2.59. The van der Waals surface area contributed by atoms with Gasteiger partial charge in [-0.25, -0.2) is 0 Å². The van der Waals surface area contributed by atoms with E-state index < -0.39 is 7.12 Å². The predicted octanol–water partition coefficient (Wildman–Crippen LogP) is 0.833. The van der Waals surface area contributed by atoms with Gasteiger partial charge in [-0.3, -0.25) is 9.79 Å². The van der Waals surface area contributed by atoms with Crippen molar-refractivity contribution in [2.24, 2.45) is 10.7 Å². The summed E-state index contributed by atoms with van der Waals surface area (Å²) in [6, 6.07) is 0. The maximum Gasteiger partial charge on any atom is 0.486 e. The van der Waals surface area contributed by atoms with Crippen molar-refractivity contribution >= 4 is 19.2 Å². The van der Waals surface area contributed by atoms with E-state index in [0.717, 1.165) is 0 Å². The summed E-state index contributed by atoms with van der Waals surface area (Å²) in [7, 11) is 1.17. The monoisotopic (exact) mass is 293 g/mol. The third kappa shape index (κ3) is 4.44. The van der Waals surface area contributed by atoms with Gasteiger partial charge in [0, 0.05) is 26.0 Å². The summed E-state index contributed by atoms with van der Waals surface area (Å²) in [6.45, 7) is 8.32. The van der Waals surface area contributed by atoms with Gasteiger partial charge in [-0.15, -0.1) is 0 Å². The smallest absolute Gasteiger partial charge is 0.404 e. The first-order chi connectivity index (χ1) is 9.73. The van der Waals surface area contributed by atoms with E-state index in [9.17, 15) is 4.79 Å². The van der Waals surface area contributed by atoms with Gasteiger partial charge in [0.1, 0.15) is 0 Å². The molecule has 1 aliphatic heterocycles. The third-order valence-corrected chi connectivity index (χ3v) is 3.66. The Morgan fingerprint density at radius 3 is 2.33 bits per heavy atom. The number of aliphatic imine (C=N–C) groups is 1. The summed E-state index contributed by atoms with van der Waals surface area (Å²) in [5.41, 5.74) is 4.95. The topological polar surface area (TPSA) is 85.9 Å². The van der Waals surface area contributed by atoms with Gasteiger partial charge in [0.15, 0.2) is 0 Å². The largest absolute Gasteiger partial charge is 0.486 e. The van der Waals surface area contributed by atoms with Crippen LogP contribution in [0.4, 0.5) is 0 Å². The fourth-order valence-electron chi connectivity index (χ4n) is 1.72. The fourth-order valence-corrected chi connectivity index (χ4v) is 1.72. The van der Waals surface area contributed by atoms with Crippen molar-refractivity contribution in [2.45, 2.75) is 38.9 Å². The summed E-state index contributed by atoms with van der Waals surface area (Å²) < 4.78 is 11.6. The van der Waals surface area contributed by atoms with Gasteiger partial charge >= 0.3 is 7.12 Å². The van der Waals surface area contributed by atoms with Gasteiger partial charge in [0.25, 0.3) is 5.91 Å². The number of hydrogen-bond acceptors (Lipinski definition) is 5. The lowest BCUT2D eigenvalue weighted by Crippen LogP contribution is -2.41. The van der Waals surface area contributed by atoms with Crippen molar-refractivity contribution in [3.8, 4) is 0 Å². The molecular formula is C14H24BN3O3. The molecule has 0 aromatic rings. The molecule has 1 amide bonds. The Balaban J connectivity index is 2.46. The summed E-state index contributed by atoms with van der Waals surface area (Å²) in [4.78, 5) is 15.5. The van der Waals surface area contributed by atoms with E-state index in [2.05, 4.69) is 10.3 Å². The van der Waals surface area contributed by atoms with Gasteiger partial charge in [0.2, 0.25) is 0 Å². The molecule has 1 saturated heterocycles. The van der Waals surface area contributed by atoms with Crippen LogP contribution in [0.1, 0.15) is 27.7 Å². The second kappa shape index (κ2) is 6.91. The van der Waals surface area contributed by atoms with Crippen LogP contribution in [0.15, 0.2) is 28.8 Å². The highest BCUT2D eigenvalue weighted by Crippen LogP contribution is 2.36. The number of rotatable bonds is 5. The Labute approximate surface area is 126 Å². The number of hydrogen-bond donors (Lipinski definition) is 2. The van der Waals surface area contributed by atoms with E-state index in [1.807, 2.05) is 27.7 Å². The highest BCUT2D eigenvalue weighted by molar-refractivity contribution is 6.51. The number of carbonyl (C=O) groups is 1. The maximum absolute atomic E-state index is 11.7. The van der Waals surface area contributed by atoms with Crippen molar-refractivity contribution in [3.05, 3.63) is 23.8 Å². The molecule has 1 heterocycles. The molecule has 0 aromatic carbocycles. The minimum absolute atomic E-state index is 0.276. The minimum Gasteiger partial charge on any atom is -0.404 e. The van der Waals surface area contributed by atoms with Gasteiger partial charge in [-0.1, -0.05) is 12.1 Å². The van der Waals surface area contributed by atoms with Crippen LogP contribution in [-0.4, -0.2) is 44.0 Å². The van der Waals surface area contributed by atoms with Crippen LogP contribution in [0, 0.1) is 0 Å². The first kappa shape index (κ1) is 17.5. The molecule has 1 fully saturated rings. The van der Waals surface area contributed by atoms with E-state index in [4.69, 9.17) is 15.0 Å². The highest BCUT2D eigenvalue weighted by atomic mass is 16.7. The zero-order chi connectivity index (χ0) is 16.1. The molecule has 0 bridgehead atoms. The van der Waals surface area contributed by atoms with Crippen molar-refractivity contribution in [2.75, 3.05) is 13.6 Å². The molecule has 0 saturated carbocycles. The second-order valence-electron chi connectivity index (χ2n) is 5.77. The molecule has 116 valence electrons. The molecule has 0 spiro atoms. The Kier molecular flexibility index (Phi) is 5.74. The average molecular weight is 293 g/mol. The van der Waals surface area contributed by atoms with Crippen LogP contribution >= 0.6 is 0 Å². The zero-order valence-corrected chi connectivity index (χ0v) is 13.3. The molecule has 6 nitrogen and oxygen atoms in total. The first-order valence-electron chi connectivity index (χ1n) is 6.88. The molecule has 1 rings (SSSR count). The zero-order valence-electron chi connectivity index (χ0n) is 13.3. The Morgan fingerprint density at radius 2 is 1.86 bits per heavy atom. The van der Waals surface area contributed by atoms with Gasteiger partial charge in [-0.2, -0.15) is 0 Å². The summed E-state index contributed by atoms with van der Waals surface area (Å²) in [6.07, 6.45) is 4.42. The summed E-state index contributed by atoms with van der Waals surface area (Å²) in [5.74, 6) is 1.51. The van der Waals surface area contributed by atoms with E-state index in [1.54, 1.807) is 19.1 Å². The summed E-state index contributed by atoms with van der Waals surface area (Å²) >= 11 is 0. The SMILES string of the molecule is CN=C/C(=C\N)C(=O)NC/C=C/B1OC(C)(C)C(C)(C)O1. The molecule has 0 unspecified atom stereocenters. The van der Waals surface area contributed by atoms with E-state index in [-0.39, 0.29) is 17.1 Å². The number of amides is 1. The predicted molar refractivity (Wildman–Crippen MR) is 84.9 cm³/mol. The van der Waals surface area contributed by atoms with Crippen LogP contribution in [0.5, 0.6) is 0 Å². The van der Waals surface area contributed by atoms with Gasteiger partial charge in [0.05, 0.1) is 16.8 Å². The Bertz CT molecular complexity index is 454. The molecule has 0 aliphatic carbocycles. The van der Waals surface area contributed by atoms with Crippen molar-refractivity contribution in [3.63, 3.8) is 0 Å². The lowest BCUT2D eigenvalue weighted by molar-refractivity contribution is -0.116. The lowest BCUT2D eigenvalue weighted by Gasteiger charge is -2.32. The number of nitrogens with zero attached hydrogens (tertiary/aromatic N) is 1. The van der Waals surface area contributed by atoms with E-state index in [1.165, 1.54) is 12.4 Å². The molecular weight excluding hydrogens is 269 g/mol. The first-order valence-corrected chi connectivity index (χ1v) is 6.88. The van der Waals surface area contributed by atoms with Crippen LogP contribution in [0.25, 0.3) is 0 Å². The molecule has 3 N–H and O–H groups in total. The van der Waals surface area contributed by atoms with E-state index in [0.29, 0.717) is 12.1 Å². The van der Waals surface area contributed by atoms with Crippen LogP contribution in [-0.2, 0) is 14.1 Å². The highest BCUT2D eigenvalue weighted by Gasteiger charge is 2.49. The molecule has 7 heteroatoms. The van der Waals surface area contributed by atoms with Crippen LogP contribution in [0.2, 0.25) is 0 Å². The minimum atomic E-state index is -0.409. The van der Waals surface area contributed by atoms with Gasteiger partial charge in [-0.05, 0) is 27.7 Å². The van der Waals surface area contributed by atoms with Crippen LogP contribution < -0.4 is 11.1 Å². The van der Waals surface area contributed by atoms with Gasteiger partial charge < -0.3 is 20.4 Å². The molecule has 0 radical (unpaired) electrons. The second-order valence-corrected chi connectivity index (χ2v) is 5.77. The lowest BCUT2D eigenvalue weighted by atomic mass is 9.90. The molecule has 1 aliphatic rings. The standard InChI is InChI=1S/C14H24BN3O3/c1-13(2)14(3,4)21-15(20-13)7-6-8-18-12(19)11(9-16)10-17-5/h6-7,9-10H,8,16H2,1-5H3,(H,18,19)/b7-6+,11-9+,17-10?. The number of nitrogens with two attached hydrogens (primary N) is 1. The van der Waals surface area contributed by atoms with Crippen molar-refractivity contribution in [1.29, 1.82) is 0 Å². The quantitative estimate of drug-likeness (QED) is 0.447. The third-order valence-electron chi connectivity index (χ3n) is 3.66. The molecule has 0 atom stereocenters. The van der Waals surface area contributed by atoms with Crippen LogP contribution in [0.3, 0.4) is 0 Å². The maximum atomic E-state index is 11.7. The fraction of sp³-hybridized carbons (Fsp3) is 0.571. The number of carbonyl (C=O) groups excluding carboxylic acids is 1. The van der Waals surface area contributed by atoms with Crippen molar-refractivity contribution < 1.29 is 14.1 Å². The normalized spacial score (nSPS) is 21.4. The summed E-state index contributed by atoms with van der Waals surface area (Å²) in [5, 5.41) is 2.71. The molecule has 21 heavy (non-hydrogen) atoms. The molecule has 0 aromatic heterocycles. The van der Waals surface area contributed by atoms with Crippen molar-refractivity contribution in [1.82, 2.24) is 5.32 Å². The Hall–Kier alpha value is -1.60. The number of nitrogens with one attached hydrogen (secondary N) is 1.